The molecule has 20 heavy (non-hydrogen) atoms. The van der Waals surface area contributed by atoms with Gasteiger partial charge in [0, 0.05) is 25.3 Å². The van der Waals surface area contributed by atoms with Gasteiger partial charge in [0.15, 0.2) is 12.6 Å². The number of carboxylic acids is 1. The minimum atomic E-state index is -0.943. The van der Waals surface area contributed by atoms with Crippen molar-refractivity contribution in [2.24, 2.45) is 0 Å². The van der Waals surface area contributed by atoms with Crippen LogP contribution in [0.3, 0.4) is 0 Å². The quantitative estimate of drug-likeness (QED) is 0.932. The van der Waals surface area contributed by atoms with Crippen LogP contribution in [-0.4, -0.2) is 25.3 Å². The van der Waals surface area contributed by atoms with E-state index in [0.29, 0.717) is 0 Å². The summed E-state index contributed by atoms with van der Waals surface area (Å²) in [5.74, 6) is -0.943. The summed E-state index contributed by atoms with van der Waals surface area (Å²) >= 11 is 0. The molecule has 0 saturated heterocycles. The standard InChI is InChI=1S/C15H14O5/c1-18-14-11-6-8-3-4-9(13(16)17)5-10(8)7-12(11)15(19-2)20-14/h3-7,14-15H,1-2H3,(H,16,17)/t14-,15+/m1/s1. The maximum absolute atomic E-state index is 11.0. The first kappa shape index (κ1) is 13.1. The Morgan fingerprint density at radius 3 is 2.20 bits per heavy atom. The summed E-state index contributed by atoms with van der Waals surface area (Å²) < 4.78 is 16.2. The van der Waals surface area contributed by atoms with Crippen LogP contribution in [0.4, 0.5) is 0 Å². The molecule has 2 aromatic rings. The number of methoxy groups -OCH3 is 2. The van der Waals surface area contributed by atoms with E-state index in [2.05, 4.69) is 0 Å². The maximum atomic E-state index is 11.0. The monoisotopic (exact) mass is 274 g/mol. The Kier molecular flexibility index (Phi) is 3.17. The second kappa shape index (κ2) is 4.86. The fourth-order valence-corrected chi connectivity index (χ4v) is 2.50. The summed E-state index contributed by atoms with van der Waals surface area (Å²) in [4.78, 5) is 11.0. The number of rotatable bonds is 3. The van der Waals surface area contributed by atoms with Crippen LogP contribution in [0.1, 0.15) is 34.1 Å². The molecule has 1 aliphatic heterocycles. The highest BCUT2D eigenvalue weighted by Gasteiger charge is 2.32. The molecule has 0 saturated carbocycles. The second-order valence-corrected chi connectivity index (χ2v) is 4.62. The Bertz CT molecular complexity index is 679. The molecular weight excluding hydrogens is 260 g/mol. The van der Waals surface area contributed by atoms with Gasteiger partial charge < -0.3 is 19.3 Å². The highest BCUT2D eigenvalue weighted by Crippen LogP contribution is 2.41. The van der Waals surface area contributed by atoms with Gasteiger partial charge >= 0.3 is 5.97 Å². The molecule has 0 aliphatic carbocycles. The Hall–Kier alpha value is -1.95. The molecule has 3 rings (SSSR count). The van der Waals surface area contributed by atoms with Gasteiger partial charge in [-0.25, -0.2) is 4.79 Å². The molecule has 5 nitrogen and oxygen atoms in total. The van der Waals surface area contributed by atoms with E-state index in [9.17, 15) is 4.79 Å². The van der Waals surface area contributed by atoms with Gasteiger partial charge in [-0.05, 0) is 35.0 Å². The van der Waals surface area contributed by atoms with Gasteiger partial charge in [0.05, 0.1) is 5.56 Å². The molecule has 2 aromatic carbocycles. The average molecular weight is 274 g/mol. The minimum Gasteiger partial charge on any atom is -0.478 e. The van der Waals surface area contributed by atoms with E-state index in [1.165, 1.54) is 0 Å². The third-order valence-electron chi connectivity index (χ3n) is 3.47. The Balaban J connectivity index is 2.18. The molecule has 0 radical (unpaired) electrons. The Morgan fingerprint density at radius 2 is 1.65 bits per heavy atom. The van der Waals surface area contributed by atoms with Crippen LogP contribution >= 0.6 is 0 Å². The lowest BCUT2D eigenvalue weighted by molar-refractivity contribution is -0.217. The maximum Gasteiger partial charge on any atom is 0.335 e. The smallest absolute Gasteiger partial charge is 0.335 e. The Labute approximate surface area is 115 Å². The fraction of sp³-hybridized carbons (Fsp3) is 0.267. The molecule has 0 unspecified atom stereocenters. The van der Waals surface area contributed by atoms with E-state index in [1.54, 1.807) is 32.4 Å². The third-order valence-corrected chi connectivity index (χ3v) is 3.47. The molecule has 104 valence electrons. The van der Waals surface area contributed by atoms with Crippen molar-refractivity contribution in [2.75, 3.05) is 14.2 Å². The zero-order valence-electron chi connectivity index (χ0n) is 11.1. The number of aromatic carboxylic acids is 1. The minimum absolute atomic E-state index is 0.258. The zero-order valence-corrected chi connectivity index (χ0v) is 11.1. The van der Waals surface area contributed by atoms with Crippen molar-refractivity contribution in [2.45, 2.75) is 12.6 Å². The molecule has 0 spiro atoms. The summed E-state index contributed by atoms with van der Waals surface area (Å²) in [6, 6.07) is 8.85. The predicted octanol–water partition coefficient (Wildman–Crippen LogP) is 2.86. The van der Waals surface area contributed by atoms with Gasteiger partial charge in [0.25, 0.3) is 0 Å². The van der Waals surface area contributed by atoms with Gasteiger partial charge in [-0.3, -0.25) is 0 Å². The molecular formula is C15H14O5. The van der Waals surface area contributed by atoms with Crippen LogP contribution in [0.15, 0.2) is 30.3 Å². The molecule has 0 fully saturated rings. The number of ether oxygens (including phenoxy) is 3. The van der Waals surface area contributed by atoms with Crippen molar-refractivity contribution in [3.63, 3.8) is 0 Å². The summed E-state index contributed by atoms with van der Waals surface area (Å²) in [6.45, 7) is 0. The predicted molar refractivity (Wildman–Crippen MR) is 71.5 cm³/mol. The van der Waals surface area contributed by atoms with Crippen LogP contribution in [0.25, 0.3) is 10.8 Å². The normalized spacial score (nSPS) is 21.1. The molecule has 0 aromatic heterocycles. The number of hydrogen-bond donors (Lipinski definition) is 1. The molecule has 1 N–H and O–H groups in total. The van der Waals surface area contributed by atoms with E-state index in [1.807, 2.05) is 12.1 Å². The Morgan fingerprint density at radius 1 is 1.05 bits per heavy atom. The topological polar surface area (TPSA) is 65.0 Å². The van der Waals surface area contributed by atoms with Crippen molar-refractivity contribution >= 4 is 16.7 Å². The van der Waals surface area contributed by atoms with Crippen molar-refractivity contribution in [1.29, 1.82) is 0 Å². The van der Waals surface area contributed by atoms with Crippen LogP contribution in [0, 0.1) is 0 Å². The van der Waals surface area contributed by atoms with Gasteiger partial charge in [-0.2, -0.15) is 0 Å². The van der Waals surface area contributed by atoms with E-state index in [0.717, 1.165) is 21.9 Å². The molecule has 2 atom stereocenters. The van der Waals surface area contributed by atoms with Gasteiger partial charge in [0.1, 0.15) is 0 Å². The number of carbonyl (C=O) groups is 1. The van der Waals surface area contributed by atoms with Crippen LogP contribution < -0.4 is 0 Å². The molecule has 5 heteroatoms. The summed E-state index contributed by atoms with van der Waals surface area (Å²) in [5.41, 5.74) is 2.04. The first-order chi connectivity index (χ1) is 9.63. The largest absolute Gasteiger partial charge is 0.478 e. The van der Waals surface area contributed by atoms with Crippen molar-refractivity contribution < 1.29 is 24.1 Å². The summed E-state index contributed by atoms with van der Waals surface area (Å²) in [7, 11) is 3.13. The van der Waals surface area contributed by atoms with Crippen LogP contribution in [0.2, 0.25) is 0 Å². The van der Waals surface area contributed by atoms with Crippen molar-refractivity contribution in [3.05, 3.63) is 47.0 Å². The average Bonchev–Trinajstić information content (AvgIpc) is 2.81. The van der Waals surface area contributed by atoms with E-state index >= 15 is 0 Å². The van der Waals surface area contributed by atoms with E-state index in [-0.39, 0.29) is 5.56 Å². The molecule has 0 amide bonds. The number of benzene rings is 2. The number of carboxylic acid groups (broad SMARTS) is 1. The molecule has 1 heterocycles. The lowest BCUT2D eigenvalue weighted by Gasteiger charge is -2.10. The lowest BCUT2D eigenvalue weighted by Crippen LogP contribution is -2.01. The molecule has 1 aliphatic rings. The van der Waals surface area contributed by atoms with E-state index in [4.69, 9.17) is 19.3 Å². The van der Waals surface area contributed by atoms with Crippen molar-refractivity contribution in [3.8, 4) is 0 Å². The van der Waals surface area contributed by atoms with Gasteiger partial charge in [0.2, 0.25) is 0 Å². The first-order valence-corrected chi connectivity index (χ1v) is 6.16. The summed E-state index contributed by atoms with van der Waals surface area (Å²) in [5, 5.41) is 10.8. The van der Waals surface area contributed by atoms with Gasteiger partial charge in [-0.15, -0.1) is 0 Å². The van der Waals surface area contributed by atoms with Crippen LogP contribution in [-0.2, 0) is 14.2 Å². The van der Waals surface area contributed by atoms with E-state index < -0.39 is 18.5 Å². The van der Waals surface area contributed by atoms with Gasteiger partial charge in [-0.1, -0.05) is 6.07 Å². The number of fused-ring (bicyclic) bond motifs is 2. The zero-order chi connectivity index (χ0) is 14.3. The fourth-order valence-electron chi connectivity index (χ4n) is 2.50. The lowest BCUT2D eigenvalue weighted by atomic mass is 10.00. The summed E-state index contributed by atoms with van der Waals surface area (Å²) in [6.07, 6.45) is -0.952. The SMILES string of the molecule is CO[C@@H]1O[C@H](OC)c2cc3cc(C(=O)O)ccc3cc21. The highest BCUT2D eigenvalue weighted by atomic mass is 16.8. The number of hydrogen-bond acceptors (Lipinski definition) is 4. The second-order valence-electron chi connectivity index (χ2n) is 4.62. The van der Waals surface area contributed by atoms with Crippen molar-refractivity contribution in [1.82, 2.24) is 0 Å². The third kappa shape index (κ3) is 1.96. The highest BCUT2D eigenvalue weighted by molar-refractivity contribution is 5.95. The van der Waals surface area contributed by atoms with Crippen LogP contribution in [0.5, 0.6) is 0 Å². The first-order valence-electron chi connectivity index (χ1n) is 6.16. The molecule has 0 bridgehead atoms.